The second kappa shape index (κ2) is 7.45. The summed E-state index contributed by atoms with van der Waals surface area (Å²) in [7, 11) is 3.52. The standard InChI is InChI=1S/C13H26N4O2/c1-11(4-5-14)13(19)17-8-6-16(7-9-17)10-12(18)15(2)3/h11H,4-10,14H2,1-3H3. The lowest BCUT2D eigenvalue weighted by molar-refractivity contribution is -0.137. The van der Waals surface area contributed by atoms with E-state index in [9.17, 15) is 9.59 Å². The zero-order chi connectivity index (χ0) is 14.4. The maximum atomic E-state index is 12.1. The zero-order valence-corrected chi connectivity index (χ0v) is 12.3. The molecule has 6 nitrogen and oxygen atoms in total. The Hall–Kier alpha value is -1.14. The van der Waals surface area contributed by atoms with Gasteiger partial charge in [0.1, 0.15) is 0 Å². The summed E-state index contributed by atoms with van der Waals surface area (Å²) in [5.74, 6) is 0.292. The number of hydrogen-bond donors (Lipinski definition) is 1. The maximum Gasteiger partial charge on any atom is 0.236 e. The summed E-state index contributed by atoms with van der Waals surface area (Å²) >= 11 is 0. The van der Waals surface area contributed by atoms with Gasteiger partial charge in [-0.25, -0.2) is 0 Å². The van der Waals surface area contributed by atoms with E-state index >= 15 is 0 Å². The van der Waals surface area contributed by atoms with Gasteiger partial charge in [-0.15, -0.1) is 0 Å². The van der Waals surface area contributed by atoms with E-state index in [-0.39, 0.29) is 17.7 Å². The van der Waals surface area contributed by atoms with Crippen molar-refractivity contribution in [1.29, 1.82) is 0 Å². The summed E-state index contributed by atoms with van der Waals surface area (Å²) in [5, 5.41) is 0. The van der Waals surface area contributed by atoms with Gasteiger partial charge in [-0.2, -0.15) is 0 Å². The maximum absolute atomic E-state index is 12.1. The average molecular weight is 270 g/mol. The number of piperazine rings is 1. The molecule has 2 N–H and O–H groups in total. The van der Waals surface area contributed by atoms with E-state index in [1.807, 2.05) is 11.8 Å². The minimum absolute atomic E-state index is 0.0000397. The first-order valence-electron chi connectivity index (χ1n) is 6.87. The third-order valence-electron chi connectivity index (χ3n) is 3.56. The van der Waals surface area contributed by atoms with Crippen LogP contribution in [0.4, 0.5) is 0 Å². The Kier molecular flexibility index (Phi) is 6.24. The minimum Gasteiger partial charge on any atom is -0.348 e. The van der Waals surface area contributed by atoms with Crippen molar-refractivity contribution in [3.8, 4) is 0 Å². The Balaban J connectivity index is 2.36. The van der Waals surface area contributed by atoms with Crippen molar-refractivity contribution < 1.29 is 9.59 Å². The second-order valence-electron chi connectivity index (χ2n) is 5.37. The number of amides is 2. The fourth-order valence-corrected chi connectivity index (χ4v) is 2.14. The van der Waals surface area contributed by atoms with Crippen LogP contribution in [0.25, 0.3) is 0 Å². The fraction of sp³-hybridized carbons (Fsp3) is 0.846. The van der Waals surface area contributed by atoms with Crippen LogP contribution in [0.5, 0.6) is 0 Å². The van der Waals surface area contributed by atoms with E-state index in [0.717, 1.165) is 19.5 Å². The smallest absolute Gasteiger partial charge is 0.236 e. The first kappa shape index (κ1) is 15.9. The topological polar surface area (TPSA) is 69.9 Å². The van der Waals surface area contributed by atoms with E-state index in [2.05, 4.69) is 4.90 Å². The van der Waals surface area contributed by atoms with Gasteiger partial charge in [0.15, 0.2) is 0 Å². The summed E-state index contributed by atoms with van der Waals surface area (Å²) in [6, 6.07) is 0. The molecule has 1 heterocycles. The average Bonchev–Trinajstić information content (AvgIpc) is 2.39. The SMILES string of the molecule is CC(CCN)C(=O)N1CCN(CC(=O)N(C)C)CC1. The van der Waals surface area contributed by atoms with Crippen LogP contribution in [0.3, 0.4) is 0 Å². The predicted octanol–water partition coefficient (Wildman–Crippen LogP) is -0.796. The molecule has 0 radical (unpaired) electrons. The highest BCUT2D eigenvalue weighted by atomic mass is 16.2. The molecular formula is C13H26N4O2. The van der Waals surface area contributed by atoms with Crippen molar-refractivity contribution in [2.75, 3.05) is 53.4 Å². The third-order valence-corrected chi connectivity index (χ3v) is 3.56. The summed E-state index contributed by atoms with van der Waals surface area (Å²) < 4.78 is 0. The Labute approximate surface area is 115 Å². The van der Waals surface area contributed by atoms with Crippen LogP contribution in [-0.2, 0) is 9.59 Å². The summed E-state index contributed by atoms with van der Waals surface area (Å²) in [4.78, 5) is 29.3. The minimum atomic E-state index is -0.0000397. The largest absolute Gasteiger partial charge is 0.348 e. The van der Waals surface area contributed by atoms with Crippen LogP contribution >= 0.6 is 0 Å². The van der Waals surface area contributed by atoms with Crippen LogP contribution in [0, 0.1) is 5.92 Å². The van der Waals surface area contributed by atoms with Gasteiger partial charge in [-0.1, -0.05) is 6.92 Å². The van der Waals surface area contributed by atoms with E-state index in [0.29, 0.717) is 26.2 Å². The molecule has 1 rings (SSSR count). The number of nitrogens with two attached hydrogens (primary N) is 1. The summed E-state index contributed by atoms with van der Waals surface area (Å²) in [6.07, 6.45) is 0.734. The van der Waals surface area contributed by atoms with Gasteiger partial charge in [-0.3, -0.25) is 14.5 Å². The molecule has 110 valence electrons. The first-order chi connectivity index (χ1) is 8.95. The van der Waals surface area contributed by atoms with Crippen molar-refractivity contribution in [3.63, 3.8) is 0 Å². The van der Waals surface area contributed by atoms with E-state index < -0.39 is 0 Å². The molecule has 1 aliphatic rings. The normalized spacial score (nSPS) is 18.2. The molecule has 1 unspecified atom stereocenters. The third kappa shape index (κ3) is 4.80. The molecule has 6 heteroatoms. The van der Waals surface area contributed by atoms with Gasteiger partial charge in [0.05, 0.1) is 6.54 Å². The van der Waals surface area contributed by atoms with Crippen molar-refractivity contribution >= 4 is 11.8 Å². The van der Waals surface area contributed by atoms with Crippen LogP contribution in [-0.4, -0.2) is 79.9 Å². The molecule has 1 fully saturated rings. The Bertz CT molecular complexity index is 312. The van der Waals surface area contributed by atoms with E-state index in [1.54, 1.807) is 19.0 Å². The number of carbonyl (C=O) groups is 2. The molecule has 2 amide bonds. The molecule has 0 spiro atoms. The quantitative estimate of drug-likeness (QED) is 0.710. The van der Waals surface area contributed by atoms with Crippen LogP contribution in [0.15, 0.2) is 0 Å². The van der Waals surface area contributed by atoms with E-state index in [1.165, 1.54) is 0 Å². The zero-order valence-electron chi connectivity index (χ0n) is 12.3. The lowest BCUT2D eigenvalue weighted by atomic mass is 10.1. The molecule has 0 aromatic rings. The van der Waals surface area contributed by atoms with Gasteiger partial charge in [-0.05, 0) is 13.0 Å². The molecular weight excluding hydrogens is 244 g/mol. The lowest BCUT2D eigenvalue weighted by Crippen LogP contribution is -2.52. The van der Waals surface area contributed by atoms with Crippen molar-refractivity contribution in [2.45, 2.75) is 13.3 Å². The number of carbonyl (C=O) groups excluding carboxylic acids is 2. The van der Waals surface area contributed by atoms with E-state index in [4.69, 9.17) is 5.73 Å². The molecule has 0 bridgehead atoms. The molecule has 0 aromatic heterocycles. The van der Waals surface area contributed by atoms with Crippen LogP contribution in [0.1, 0.15) is 13.3 Å². The summed E-state index contributed by atoms with van der Waals surface area (Å²) in [5.41, 5.74) is 5.48. The highest BCUT2D eigenvalue weighted by Crippen LogP contribution is 2.10. The van der Waals surface area contributed by atoms with Gasteiger partial charge in [0.2, 0.25) is 11.8 Å². The van der Waals surface area contributed by atoms with Crippen LogP contribution in [0.2, 0.25) is 0 Å². The highest BCUT2D eigenvalue weighted by molar-refractivity contribution is 5.79. The van der Waals surface area contributed by atoms with Crippen molar-refractivity contribution in [2.24, 2.45) is 11.7 Å². The molecule has 1 atom stereocenters. The van der Waals surface area contributed by atoms with Gasteiger partial charge in [0.25, 0.3) is 0 Å². The highest BCUT2D eigenvalue weighted by Gasteiger charge is 2.25. The Morgan fingerprint density at radius 2 is 1.79 bits per heavy atom. The Morgan fingerprint density at radius 3 is 2.26 bits per heavy atom. The predicted molar refractivity (Wildman–Crippen MR) is 74.5 cm³/mol. The van der Waals surface area contributed by atoms with Crippen molar-refractivity contribution in [1.82, 2.24) is 14.7 Å². The molecule has 0 saturated carbocycles. The van der Waals surface area contributed by atoms with Crippen LogP contribution < -0.4 is 5.73 Å². The van der Waals surface area contributed by atoms with Gasteiger partial charge >= 0.3 is 0 Å². The number of rotatable bonds is 5. The van der Waals surface area contributed by atoms with Crippen molar-refractivity contribution in [3.05, 3.63) is 0 Å². The van der Waals surface area contributed by atoms with Gasteiger partial charge in [0, 0.05) is 46.2 Å². The molecule has 1 aliphatic heterocycles. The molecule has 19 heavy (non-hydrogen) atoms. The fourth-order valence-electron chi connectivity index (χ4n) is 2.14. The number of hydrogen-bond acceptors (Lipinski definition) is 4. The molecule has 1 saturated heterocycles. The Morgan fingerprint density at radius 1 is 1.21 bits per heavy atom. The van der Waals surface area contributed by atoms with Gasteiger partial charge < -0.3 is 15.5 Å². The summed E-state index contributed by atoms with van der Waals surface area (Å²) in [6.45, 7) is 5.85. The molecule has 0 aliphatic carbocycles. The lowest BCUT2D eigenvalue weighted by Gasteiger charge is -2.36. The monoisotopic (exact) mass is 270 g/mol. The number of nitrogens with zero attached hydrogens (tertiary/aromatic N) is 3. The number of likely N-dealkylation sites (N-methyl/N-ethyl adjacent to an activating group) is 1. The molecule has 0 aromatic carbocycles. The second-order valence-corrected chi connectivity index (χ2v) is 5.37. The first-order valence-corrected chi connectivity index (χ1v) is 6.87.